The Kier molecular flexibility index (Phi) is 3.12. The van der Waals surface area contributed by atoms with Crippen LogP contribution in [0.5, 0.6) is 0 Å². The van der Waals surface area contributed by atoms with Crippen LogP contribution in [0.1, 0.15) is 5.56 Å². The van der Waals surface area contributed by atoms with Crippen LogP contribution in [0.4, 0.5) is 23.7 Å². The molecule has 112 valence electrons. The fourth-order valence-electron chi connectivity index (χ4n) is 2.66. The van der Waals surface area contributed by atoms with E-state index in [1.807, 2.05) is 0 Å². The first-order valence-corrected chi connectivity index (χ1v) is 6.43. The van der Waals surface area contributed by atoms with E-state index in [1.54, 1.807) is 0 Å². The smallest absolute Gasteiger partial charge is 0.312 e. The molecule has 1 N–H and O–H groups in total. The number of rotatable bonds is 1. The van der Waals surface area contributed by atoms with Crippen molar-refractivity contribution in [3.05, 3.63) is 29.8 Å². The largest absolute Gasteiger partial charge is 0.418 e. The summed E-state index contributed by atoms with van der Waals surface area (Å²) >= 11 is 0. The lowest BCUT2D eigenvalue weighted by Gasteiger charge is -2.26. The minimum atomic E-state index is -4.63. The van der Waals surface area contributed by atoms with Gasteiger partial charge < -0.3 is 10.2 Å². The van der Waals surface area contributed by atoms with Gasteiger partial charge in [0.05, 0.1) is 11.3 Å². The Morgan fingerprint density at radius 2 is 1.90 bits per heavy atom. The maximum Gasteiger partial charge on any atom is 0.418 e. The molecule has 0 spiro atoms. The quantitative estimate of drug-likeness (QED) is 0.799. The topological polar surface area (TPSA) is 52.7 Å². The first-order chi connectivity index (χ1) is 9.91. The zero-order valence-electron chi connectivity index (χ0n) is 10.9. The second kappa shape index (κ2) is 4.73. The summed E-state index contributed by atoms with van der Waals surface area (Å²) in [7, 11) is 0. The molecule has 5 nitrogen and oxygen atoms in total. The number of halogens is 3. The van der Waals surface area contributed by atoms with Crippen LogP contribution in [-0.2, 0) is 11.0 Å². The van der Waals surface area contributed by atoms with E-state index >= 15 is 0 Å². The van der Waals surface area contributed by atoms with Crippen molar-refractivity contribution in [1.82, 2.24) is 10.2 Å². The zero-order chi connectivity index (χ0) is 15.2. The van der Waals surface area contributed by atoms with Gasteiger partial charge in [-0.3, -0.25) is 4.79 Å². The lowest BCUT2D eigenvalue weighted by molar-refractivity contribution is -0.137. The molecule has 2 heterocycles. The standard InChI is InChI=1S/C13H12F3N3O2/c14-13(15,16)8-3-1-2-4-9(8)19-11(20)10-7-17-5-6-18(10)12(19)21/h1-4,10,17H,5-7H2. The maximum absolute atomic E-state index is 13.1. The molecule has 0 saturated carbocycles. The van der Waals surface area contributed by atoms with Crippen LogP contribution in [0.3, 0.4) is 0 Å². The van der Waals surface area contributed by atoms with Gasteiger partial charge in [0.25, 0.3) is 5.91 Å². The molecule has 0 aromatic heterocycles. The van der Waals surface area contributed by atoms with Gasteiger partial charge in [-0.25, -0.2) is 9.69 Å². The molecule has 3 amide bonds. The molecule has 1 unspecified atom stereocenters. The van der Waals surface area contributed by atoms with E-state index in [4.69, 9.17) is 0 Å². The number of para-hydroxylation sites is 1. The molecule has 21 heavy (non-hydrogen) atoms. The average molecular weight is 299 g/mol. The molecule has 2 saturated heterocycles. The number of piperazine rings is 1. The summed E-state index contributed by atoms with van der Waals surface area (Å²) in [5.74, 6) is -0.621. The first-order valence-electron chi connectivity index (χ1n) is 6.43. The molecule has 2 fully saturated rings. The van der Waals surface area contributed by atoms with E-state index < -0.39 is 35.4 Å². The molecule has 0 bridgehead atoms. The van der Waals surface area contributed by atoms with Crippen LogP contribution < -0.4 is 10.2 Å². The Balaban J connectivity index is 2.05. The summed E-state index contributed by atoms with van der Waals surface area (Å²) in [5.41, 5.74) is -1.39. The summed E-state index contributed by atoms with van der Waals surface area (Å²) in [5, 5.41) is 2.96. The SMILES string of the molecule is O=C1C2CNCCN2C(=O)N1c1ccccc1C(F)(F)F. The Hall–Kier alpha value is -2.09. The molecule has 1 atom stereocenters. The number of benzene rings is 1. The Morgan fingerprint density at radius 1 is 1.19 bits per heavy atom. The first kappa shape index (κ1) is 13.9. The Morgan fingerprint density at radius 3 is 2.57 bits per heavy atom. The average Bonchev–Trinajstić information content (AvgIpc) is 2.71. The number of nitrogens with one attached hydrogen (secondary N) is 1. The van der Waals surface area contributed by atoms with Gasteiger partial charge in [-0.2, -0.15) is 13.2 Å². The summed E-state index contributed by atoms with van der Waals surface area (Å²) in [4.78, 5) is 26.5. The number of amides is 3. The number of urea groups is 1. The number of hydrogen-bond donors (Lipinski definition) is 1. The van der Waals surface area contributed by atoms with Crippen LogP contribution in [-0.4, -0.2) is 42.5 Å². The van der Waals surface area contributed by atoms with E-state index in [-0.39, 0.29) is 6.54 Å². The second-order valence-corrected chi connectivity index (χ2v) is 4.88. The van der Waals surface area contributed by atoms with Crippen LogP contribution in [0.25, 0.3) is 0 Å². The number of carbonyl (C=O) groups excluding carboxylic acids is 2. The predicted octanol–water partition coefficient (Wildman–Crippen LogP) is 1.45. The Bertz CT molecular complexity index is 579. The highest BCUT2D eigenvalue weighted by atomic mass is 19.4. The third-order valence-corrected chi connectivity index (χ3v) is 3.64. The van der Waals surface area contributed by atoms with E-state index in [1.165, 1.54) is 17.0 Å². The van der Waals surface area contributed by atoms with E-state index in [0.29, 0.717) is 18.0 Å². The zero-order valence-corrected chi connectivity index (χ0v) is 10.9. The van der Waals surface area contributed by atoms with Crippen molar-refractivity contribution in [3.8, 4) is 0 Å². The van der Waals surface area contributed by atoms with Crippen molar-refractivity contribution in [1.29, 1.82) is 0 Å². The highest BCUT2D eigenvalue weighted by Crippen LogP contribution is 2.38. The molecule has 1 aromatic rings. The highest BCUT2D eigenvalue weighted by molar-refractivity contribution is 6.21. The number of fused-ring (bicyclic) bond motifs is 1. The minimum Gasteiger partial charge on any atom is -0.312 e. The van der Waals surface area contributed by atoms with Gasteiger partial charge in [-0.1, -0.05) is 12.1 Å². The molecule has 1 aromatic carbocycles. The maximum atomic E-state index is 13.1. The molecular formula is C13H12F3N3O2. The fraction of sp³-hybridized carbons (Fsp3) is 0.385. The third kappa shape index (κ3) is 2.15. The summed E-state index contributed by atoms with van der Waals surface area (Å²) in [6.07, 6.45) is -4.63. The van der Waals surface area contributed by atoms with Crippen molar-refractivity contribution in [2.24, 2.45) is 0 Å². The summed E-state index contributed by atoms with van der Waals surface area (Å²) < 4.78 is 39.2. The second-order valence-electron chi connectivity index (χ2n) is 4.88. The van der Waals surface area contributed by atoms with Gasteiger partial charge in [0.2, 0.25) is 0 Å². The normalized spacial score (nSPS) is 22.7. The number of nitrogens with zero attached hydrogens (tertiary/aromatic N) is 2. The minimum absolute atomic E-state index is 0.259. The number of alkyl halides is 3. The summed E-state index contributed by atoms with van der Waals surface area (Å²) in [6, 6.07) is 3.19. The van der Waals surface area contributed by atoms with E-state index in [0.717, 1.165) is 12.1 Å². The van der Waals surface area contributed by atoms with Crippen molar-refractivity contribution < 1.29 is 22.8 Å². The third-order valence-electron chi connectivity index (χ3n) is 3.64. The molecule has 3 rings (SSSR count). The number of carbonyl (C=O) groups is 2. The molecule has 2 aliphatic heterocycles. The lowest BCUT2D eigenvalue weighted by Crippen LogP contribution is -2.51. The van der Waals surface area contributed by atoms with Gasteiger partial charge in [-0.05, 0) is 12.1 Å². The fourth-order valence-corrected chi connectivity index (χ4v) is 2.66. The monoisotopic (exact) mass is 299 g/mol. The van der Waals surface area contributed by atoms with Crippen LogP contribution in [0, 0.1) is 0 Å². The number of imide groups is 1. The predicted molar refractivity (Wildman–Crippen MR) is 67.7 cm³/mol. The lowest BCUT2D eigenvalue weighted by atomic mass is 10.1. The highest BCUT2D eigenvalue weighted by Gasteiger charge is 2.49. The van der Waals surface area contributed by atoms with Crippen molar-refractivity contribution in [3.63, 3.8) is 0 Å². The summed E-state index contributed by atoms with van der Waals surface area (Å²) in [6.45, 7) is 1.08. The molecular weight excluding hydrogens is 287 g/mol. The van der Waals surface area contributed by atoms with Crippen molar-refractivity contribution >= 4 is 17.6 Å². The Labute approximate surface area is 118 Å². The van der Waals surface area contributed by atoms with Gasteiger partial charge in [-0.15, -0.1) is 0 Å². The van der Waals surface area contributed by atoms with Crippen LogP contribution >= 0.6 is 0 Å². The molecule has 2 aliphatic rings. The van der Waals surface area contributed by atoms with Gasteiger partial charge in [0, 0.05) is 19.6 Å². The molecule has 0 radical (unpaired) electrons. The number of hydrogen-bond acceptors (Lipinski definition) is 3. The van der Waals surface area contributed by atoms with Crippen LogP contribution in [0.15, 0.2) is 24.3 Å². The van der Waals surface area contributed by atoms with E-state index in [2.05, 4.69) is 5.32 Å². The van der Waals surface area contributed by atoms with Gasteiger partial charge in [0.1, 0.15) is 6.04 Å². The molecule has 8 heteroatoms. The van der Waals surface area contributed by atoms with Crippen LogP contribution in [0.2, 0.25) is 0 Å². The number of anilines is 1. The van der Waals surface area contributed by atoms with Gasteiger partial charge in [0.15, 0.2) is 0 Å². The van der Waals surface area contributed by atoms with Gasteiger partial charge >= 0.3 is 12.2 Å². The molecule has 0 aliphatic carbocycles. The van der Waals surface area contributed by atoms with E-state index in [9.17, 15) is 22.8 Å². The van der Waals surface area contributed by atoms with Crippen molar-refractivity contribution in [2.75, 3.05) is 24.5 Å². The van der Waals surface area contributed by atoms with Crippen molar-refractivity contribution in [2.45, 2.75) is 12.2 Å².